The van der Waals surface area contributed by atoms with Crippen LogP contribution in [0.4, 0.5) is 5.69 Å². The Kier molecular flexibility index (Phi) is 8.07. The molecule has 0 aliphatic heterocycles. The minimum Gasteiger partial charge on any atom is -0.492 e. The number of nitrogens with one attached hydrogen (secondary N) is 1. The molecule has 114 valence electrons. The Morgan fingerprint density at radius 2 is 1.90 bits per heavy atom. The molecule has 1 aromatic carbocycles. The van der Waals surface area contributed by atoms with E-state index in [1.54, 1.807) is 7.11 Å². The molecule has 0 amide bonds. The fourth-order valence-corrected chi connectivity index (χ4v) is 2.17. The molecule has 1 aromatic rings. The van der Waals surface area contributed by atoms with Crippen LogP contribution in [0.1, 0.15) is 26.3 Å². The summed E-state index contributed by atoms with van der Waals surface area (Å²) in [6, 6.07) is 6.46. The maximum Gasteiger partial charge on any atom is 0.142 e. The van der Waals surface area contributed by atoms with Crippen molar-refractivity contribution in [2.75, 3.05) is 44.9 Å². The van der Waals surface area contributed by atoms with Crippen LogP contribution in [-0.4, -0.2) is 40.0 Å². The molecule has 0 saturated carbocycles. The number of rotatable bonds is 10. The largest absolute Gasteiger partial charge is 0.492 e. The summed E-state index contributed by atoms with van der Waals surface area (Å²) < 4.78 is 10.8. The molecular formula is C16H28N2O2. The molecule has 0 spiro atoms. The summed E-state index contributed by atoms with van der Waals surface area (Å²) in [5, 5.41) is 3.35. The average molecular weight is 280 g/mol. The van der Waals surface area contributed by atoms with Gasteiger partial charge in [0.25, 0.3) is 0 Å². The minimum absolute atomic E-state index is 0.689. The van der Waals surface area contributed by atoms with Gasteiger partial charge in [0.05, 0.1) is 18.9 Å². The van der Waals surface area contributed by atoms with Crippen molar-refractivity contribution in [1.82, 2.24) is 5.32 Å². The lowest BCUT2D eigenvalue weighted by Crippen LogP contribution is -2.23. The van der Waals surface area contributed by atoms with Crippen LogP contribution in [0.5, 0.6) is 5.75 Å². The van der Waals surface area contributed by atoms with E-state index in [-0.39, 0.29) is 0 Å². The van der Waals surface area contributed by atoms with Crippen molar-refractivity contribution in [3.8, 4) is 5.75 Å². The molecule has 1 rings (SSSR count). The van der Waals surface area contributed by atoms with Gasteiger partial charge >= 0.3 is 0 Å². The zero-order valence-electron chi connectivity index (χ0n) is 13.2. The van der Waals surface area contributed by atoms with Crippen LogP contribution in [0.3, 0.4) is 0 Å². The van der Waals surface area contributed by atoms with Crippen molar-refractivity contribution in [2.45, 2.75) is 27.3 Å². The lowest BCUT2D eigenvalue weighted by Gasteiger charge is -2.24. The van der Waals surface area contributed by atoms with E-state index in [9.17, 15) is 0 Å². The van der Waals surface area contributed by atoms with Crippen LogP contribution in [0.15, 0.2) is 18.2 Å². The lowest BCUT2D eigenvalue weighted by atomic mass is 10.1. The van der Waals surface area contributed by atoms with Gasteiger partial charge in [0.15, 0.2) is 0 Å². The zero-order chi connectivity index (χ0) is 14.8. The molecule has 0 heterocycles. The molecule has 0 aliphatic rings. The minimum atomic E-state index is 0.689. The predicted octanol–water partition coefficient (Wildman–Crippen LogP) is 2.67. The maximum atomic E-state index is 5.80. The predicted molar refractivity (Wildman–Crippen MR) is 84.8 cm³/mol. The smallest absolute Gasteiger partial charge is 0.142 e. The first-order valence-corrected chi connectivity index (χ1v) is 7.47. The standard InChI is InChI=1S/C16H28N2O2/c1-5-18(6-2)15-9-8-14(12-16(15)20-7-3)13-17-10-11-19-4/h8-9,12,17H,5-7,10-11,13H2,1-4H3. The van der Waals surface area contributed by atoms with Gasteiger partial charge in [0, 0.05) is 33.3 Å². The first-order valence-electron chi connectivity index (χ1n) is 7.47. The molecule has 0 radical (unpaired) electrons. The summed E-state index contributed by atoms with van der Waals surface area (Å²) >= 11 is 0. The Hall–Kier alpha value is -1.26. The maximum absolute atomic E-state index is 5.80. The molecular weight excluding hydrogens is 252 g/mol. The molecule has 0 unspecified atom stereocenters. The van der Waals surface area contributed by atoms with E-state index >= 15 is 0 Å². The highest BCUT2D eigenvalue weighted by Crippen LogP contribution is 2.29. The quantitative estimate of drug-likeness (QED) is 0.668. The summed E-state index contributed by atoms with van der Waals surface area (Å²) in [5.41, 5.74) is 2.41. The Labute approximate surface area is 123 Å². The van der Waals surface area contributed by atoms with Gasteiger partial charge in [-0.2, -0.15) is 0 Å². The molecule has 0 bridgehead atoms. The van der Waals surface area contributed by atoms with Gasteiger partial charge < -0.3 is 19.7 Å². The first-order chi connectivity index (χ1) is 9.76. The second-order valence-corrected chi connectivity index (χ2v) is 4.58. The topological polar surface area (TPSA) is 33.7 Å². The molecule has 0 saturated heterocycles. The average Bonchev–Trinajstić information content (AvgIpc) is 2.47. The van der Waals surface area contributed by atoms with E-state index in [0.29, 0.717) is 6.61 Å². The molecule has 4 nitrogen and oxygen atoms in total. The lowest BCUT2D eigenvalue weighted by molar-refractivity contribution is 0.199. The van der Waals surface area contributed by atoms with E-state index < -0.39 is 0 Å². The van der Waals surface area contributed by atoms with Crippen molar-refractivity contribution in [1.29, 1.82) is 0 Å². The third-order valence-corrected chi connectivity index (χ3v) is 3.24. The van der Waals surface area contributed by atoms with E-state index in [1.807, 2.05) is 6.92 Å². The van der Waals surface area contributed by atoms with Gasteiger partial charge in [0.1, 0.15) is 5.75 Å². The van der Waals surface area contributed by atoms with Crippen LogP contribution in [0.2, 0.25) is 0 Å². The van der Waals surface area contributed by atoms with Gasteiger partial charge in [-0.3, -0.25) is 0 Å². The number of nitrogens with zero attached hydrogens (tertiary/aromatic N) is 1. The Balaban J connectivity index is 2.77. The van der Waals surface area contributed by atoms with Crippen molar-refractivity contribution in [2.24, 2.45) is 0 Å². The zero-order valence-corrected chi connectivity index (χ0v) is 13.2. The van der Waals surface area contributed by atoms with Gasteiger partial charge in [-0.25, -0.2) is 0 Å². The van der Waals surface area contributed by atoms with Crippen LogP contribution in [0, 0.1) is 0 Å². The highest BCUT2D eigenvalue weighted by molar-refractivity contribution is 5.59. The molecule has 0 aromatic heterocycles. The van der Waals surface area contributed by atoms with E-state index in [0.717, 1.165) is 38.5 Å². The van der Waals surface area contributed by atoms with E-state index in [4.69, 9.17) is 9.47 Å². The van der Waals surface area contributed by atoms with Crippen molar-refractivity contribution >= 4 is 5.69 Å². The summed E-state index contributed by atoms with van der Waals surface area (Å²) in [7, 11) is 1.72. The third kappa shape index (κ3) is 5.02. The molecule has 20 heavy (non-hydrogen) atoms. The highest BCUT2D eigenvalue weighted by atomic mass is 16.5. The number of methoxy groups -OCH3 is 1. The SMILES string of the molecule is CCOc1cc(CNCCOC)ccc1N(CC)CC. The van der Waals surface area contributed by atoms with E-state index in [2.05, 4.69) is 42.3 Å². The molecule has 0 fully saturated rings. The molecule has 0 aliphatic carbocycles. The summed E-state index contributed by atoms with van der Waals surface area (Å²) in [4.78, 5) is 2.31. The molecule has 1 N–H and O–H groups in total. The fourth-order valence-electron chi connectivity index (χ4n) is 2.17. The van der Waals surface area contributed by atoms with Crippen molar-refractivity contribution < 1.29 is 9.47 Å². The summed E-state index contributed by atoms with van der Waals surface area (Å²) in [6.07, 6.45) is 0. The Bertz CT molecular complexity index is 379. The monoisotopic (exact) mass is 280 g/mol. The van der Waals surface area contributed by atoms with Gasteiger partial charge in [-0.1, -0.05) is 6.07 Å². The Morgan fingerprint density at radius 3 is 2.50 bits per heavy atom. The Morgan fingerprint density at radius 1 is 1.15 bits per heavy atom. The second kappa shape index (κ2) is 9.61. The van der Waals surface area contributed by atoms with Crippen molar-refractivity contribution in [3.05, 3.63) is 23.8 Å². The molecule has 4 heteroatoms. The second-order valence-electron chi connectivity index (χ2n) is 4.58. The van der Waals surface area contributed by atoms with Crippen LogP contribution < -0.4 is 15.0 Å². The van der Waals surface area contributed by atoms with Gasteiger partial charge in [-0.05, 0) is 38.5 Å². The number of ether oxygens (including phenoxy) is 2. The van der Waals surface area contributed by atoms with Gasteiger partial charge in [0.2, 0.25) is 0 Å². The number of hydrogen-bond acceptors (Lipinski definition) is 4. The summed E-state index contributed by atoms with van der Waals surface area (Å²) in [6.45, 7) is 11.4. The van der Waals surface area contributed by atoms with Crippen molar-refractivity contribution in [3.63, 3.8) is 0 Å². The highest BCUT2D eigenvalue weighted by Gasteiger charge is 2.10. The van der Waals surface area contributed by atoms with Gasteiger partial charge in [-0.15, -0.1) is 0 Å². The fraction of sp³-hybridized carbons (Fsp3) is 0.625. The molecule has 0 atom stereocenters. The normalized spacial score (nSPS) is 10.6. The number of hydrogen-bond donors (Lipinski definition) is 1. The number of benzene rings is 1. The van der Waals surface area contributed by atoms with Crippen LogP contribution >= 0.6 is 0 Å². The first kappa shape index (κ1) is 16.8. The van der Waals surface area contributed by atoms with E-state index in [1.165, 1.54) is 11.3 Å². The van der Waals surface area contributed by atoms with Crippen LogP contribution in [0.25, 0.3) is 0 Å². The number of anilines is 1. The summed E-state index contributed by atoms with van der Waals surface area (Å²) in [5.74, 6) is 0.974. The van der Waals surface area contributed by atoms with Crippen LogP contribution in [-0.2, 0) is 11.3 Å². The third-order valence-electron chi connectivity index (χ3n) is 3.24.